The molecule has 8 heteroatoms. The van der Waals surface area contributed by atoms with Gasteiger partial charge < -0.3 is 15.1 Å². The largest absolute Gasteiger partial charge is 0.354 e. The van der Waals surface area contributed by atoms with E-state index in [1.54, 1.807) is 12.3 Å². The SMILES string of the molecule is Cc1ccc(C(=O)CCC(=O)CCC(=O)NCc2ccnc(N3CCN(C)CC3)c2)s1. The van der Waals surface area contributed by atoms with Crippen molar-refractivity contribution in [3.63, 3.8) is 0 Å². The lowest BCUT2D eigenvalue weighted by Crippen LogP contribution is -2.44. The van der Waals surface area contributed by atoms with Gasteiger partial charge in [0.25, 0.3) is 0 Å². The predicted molar refractivity (Wildman–Crippen MR) is 123 cm³/mol. The third-order valence-electron chi connectivity index (χ3n) is 5.40. The van der Waals surface area contributed by atoms with Crippen molar-refractivity contribution in [1.82, 2.24) is 15.2 Å². The highest BCUT2D eigenvalue weighted by Crippen LogP contribution is 2.18. The fourth-order valence-corrected chi connectivity index (χ4v) is 4.24. The van der Waals surface area contributed by atoms with Crippen LogP contribution in [-0.4, -0.2) is 60.6 Å². The van der Waals surface area contributed by atoms with Crippen LogP contribution < -0.4 is 10.2 Å². The van der Waals surface area contributed by atoms with Crippen LogP contribution in [0.5, 0.6) is 0 Å². The Morgan fingerprint density at radius 1 is 1.03 bits per heavy atom. The monoisotopic (exact) mass is 442 g/mol. The number of aromatic nitrogens is 1. The number of carbonyl (C=O) groups excluding carboxylic acids is 3. The molecule has 2 aromatic rings. The number of rotatable bonds is 10. The maximum atomic E-state index is 12.1. The lowest BCUT2D eigenvalue weighted by Gasteiger charge is -2.33. The molecule has 3 heterocycles. The smallest absolute Gasteiger partial charge is 0.220 e. The molecule has 1 fully saturated rings. The van der Waals surface area contributed by atoms with Crippen LogP contribution in [0.2, 0.25) is 0 Å². The van der Waals surface area contributed by atoms with Crippen molar-refractivity contribution in [1.29, 1.82) is 0 Å². The molecule has 0 unspecified atom stereocenters. The molecule has 2 aromatic heterocycles. The second-order valence-electron chi connectivity index (χ2n) is 7.96. The highest BCUT2D eigenvalue weighted by atomic mass is 32.1. The van der Waals surface area contributed by atoms with E-state index in [1.165, 1.54) is 11.3 Å². The quantitative estimate of drug-likeness (QED) is 0.570. The first-order valence-electron chi connectivity index (χ1n) is 10.7. The van der Waals surface area contributed by atoms with E-state index in [9.17, 15) is 14.4 Å². The summed E-state index contributed by atoms with van der Waals surface area (Å²) in [5.74, 6) is 0.704. The average Bonchev–Trinajstić information content (AvgIpc) is 3.21. The van der Waals surface area contributed by atoms with Gasteiger partial charge >= 0.3 is 0 Å². The first-order valence-corrected chi connectivity index (χ1v) is 11.5. The topological polar surface area (TPSA) is 82.6 Å². The Morgan fingerprint density at radius 2 is 1.77 bits per heavy atom. The van der Waals surface area contributed by atoms with E-state index in [0.717, 1.165) is 42.4 Å². The van der Waals surface area contributed by atoms with Crippen molar-refractivity contribution in [2.24, 2.45) is 0 Å². The number of hydrogen-bond donors (Lipinski definition) is 1. The molecule has 0 aliphatic carbocycles. The lowest BCUT2D eigenvalue weighted by atomic mass is 10.1. The van der Waals surface area contributed by atoms with E-state index >= 15 is 0 Å². The second-order valence-corrected chi connectivity index (χ2v) is 9.25. The van der Waals surface area contributed by atoms with Gasteiger partial charge in [-0.1, -0.05) is 0 Å². The van der Waals surface area contributed by atoms with E-state index in [-0.39, 0.29) is 43.2 Å². The van der Waals surface area contributed by atoms with Crippen molar-refractivity contribution < 1.29 is 14.4 Å². The Bertz CT molecular complexity index is 919. The fraction of sp³-hybridized carbons (Fsp3) is 0.478. The first kappa shape index (κ1) is 23.1. The molecular weight excluding hydrogens is 412 g/mol. The van der Waals surface area contributed by atoms with Gasteiger partial charge in [0.2, 0.25) is 5.91 Å². The van der Waals surface area contributed by atoms with Crippen LogP contribution in [-0.2, 0) is 16.1 Å². The minimum absolute atomic E-state index is 0.00950. The molecular formula is C23H30N4O3S. The van der Waals surface area contributed by atoms with Gasteiger partial charge in [-0.15, -0.1) is 11.3 Å². The van der Waals surface area contributed by atoms with Crippen molar-refractivity contribution in [2.45, 2.75) is 39.2 Å². The summed E-state index contributed by atoms with van der Waals surface area (Å²) < 4.78 is 0. The number of nitrogens with one attached hydrogen (secondary N) is 1. The maximum absolute atomic E-state index is 12.1. The third kappa shape index (κ3) is 7.25. The van der Waals surface area contributed by atoms with Gasteiger partial charge in [0.05, 0.1) is 4.88 Å². The first-order chi connectivity index (χ1) is 14.9. The Morgan fingerprint density at radius 3 is 2.48 bits per heavy atom. The number of thiophene rings is 1. The Balaban J connectivity index is 1.36. The van der Waals surface area contributed by atoms with Gasteiger partial charge in [-0.25, -0.2) is 4.98 Å². The minimum Gasteiger partial charge on any atom is -0.354 e. The summed E-state index contributed by atoms with van der Waals surface area (Å²) >= 11 is 1.45. The van der Waals surface area contributed by atoms with Crippen molar-refractivity contribution in [3.8, 4) is 0 Å². The predicted octanol–water partition coefficient (Wildman–Crippen LogP) is 2.83. The number of aryl methyl sites for hydroxylation is 1. The van der Waals surface area contributed by atoms with Crippen molar-refractivity contribution in [3.05, 3.63) is 45.8 Å². The molecule has 0 radical (unpaired) electrons. The summed E-state index contributed by atoms with van der Waals surface area (Å²) in [4.78, 5) is 47.1. The molecule has 3 rings (SSSR count). The highest BCUT2D eigenvalue weighted by Gasteiger charge is 2.16. The van der Waals surface area contributed by atoms with Crippen LogP contribution in [0.3, 0.4) is 0 Å². The van der Waals surface area contributed by atoms with Gasteiger partial charge in [-0.05, 0) is 43.8 Å². The number of amides is 1. The number of carbonyl (C=O) groups is 3. The third-order valence-corrected chi connectivity index (χ3v) is 6.45. The van der Waals surface area contributed by atoms with Crippen LogP contribution in [0.4, 0.5) is 5.82 Å². The lowest BCUT2D eigenvalue weighted by molar-refractivity contribution is -0.125. The van der Waals surface area contributed by atoms with Crippen LogP contribution in [0.1, 0.15) is 45.8 Å². The molecule has 0 bridgehead atoms. The van der Waals surface area contributed by atoms with Crippen LogP contribution in [0, 0.1) is 6.92 Å². The summed E-state index contributed by atoms with van der Waals surface area (Å²) in [5.41, 5.74) is 0.987. The summed E-state index contributed by atoms with van der Waals surface area (Å²) in [6.07, 6.45) is 2.45. The van der Waals surface area contributed by atoms with Crippen LogP contribution in [0.15, 0.2) is 30.5 Å². The van der Waals surface area contributed by atoms with Gasteiger partial charge in [0.15, 0.2) is 5.78 Å². The molecule has 0 saturated carbocycles. The number of nitrogens with zero attached hydrogens (tertiary/aromatic N) is 3. The second kappa shape index (κ2) is 11.2. The molecule has 0 spiro atoms. The van der Waals surface area contributed by atoms with Gasteiger partial charge in [0, 0.05) is 69.5 Å². The summed E-state index contributed by atoms with van der Waals surface area (Å²) in [5, 5.41) is 2.87. The van der Waals surface area contributed by atoms with Gasteiger partial charge in [-0.2, -0.15) is 0 Å². The molecule has 31 heavy (non-hydrogen) atoms. The standard InChI is InChI=1S/C23H30N4O3S/c1-17-3-7-21(31-17)20(29)6-4-19(28)5-8-23(30)25-16-18-9-10-24-22(15-18)27-13-11-26(2)12-14-27/h3,7,9-10,15H,4-6,8,11-14,16H2,1-2H3,(H,25,30). The highest BCUT2D eigenvalue weighted by molar-refractivity contribution is 7.14. The minimum atomic E-state index is -0.161. The molecule has 0 aromatic carbocycles. The Hall–Kier alpha value is -2.58. The number of piperazine rings is 1. The van der Waals surface area contributed by atoms with E-state index in [0.29, 0.717) is 11.4 Å². The summed E-state index contributed by atoms with van der Waals surface area (Å²) in [6.45, 7) is 6.26. The van der Waals surface area contributed by atoms with Gasteiger partial charge in [0.1, 0.15) is 11.6 Å². The molecule has 1 amide bonds. The number of ketones is 2. The van der Waals surface area contributed by atoms with E-state index in [2.05, 4.69) is 27.1 Å². The van der Waals surface area contributed by atoms with E-state index in [1.807, 2.05) is 25.1 Å². The fourth-order valence-electron chi connectivity index (χ4n) is 3.41. The number of pyridine rings is 1. The molecule has 7 nitrogen and oxygen atoms in total. The molecule has 0 atom stereocenters. The van der Waals surface area contributed by atoms with E-state index < -0.39 is 0 Å². The number of Topliss-reactive ketones (excluding diaryl/α,β-unsaturated/α-hetero) is 2. The average molecular weight is 443 g/mol. The Kier molecular flexibility index (Phi) is 8.31. The molecule has 166 valence electrons. The number of anilines is 1. The number of hydrogen-bond acceptors (Lipinski definition) is 7. The zero-order chi connectivity index (χ0) is 22.2. The molecule has 1 N–H and O–H groups in total. The van der Waals surface area contributed by atoms with Crippen LogP contribution >= 0.6 is 11.3 Å². The summed E-state index contributed by atoms with van der Waals surface area (Å²) in [6, 6.07) is 7.60. The normalized spacial score (nSPS) is 14.5. The van der Waals surface area contributed by atoms with Gasteiger partial charge in [-0.3, -0.25) is 14.4 Å². The van der Waals surface area contributed by atoms with Crippen molar-refractivity contribution in [2.75, 3.05) is 38.1 Å². The van der Waals surface area contributed by atoms with E-state index in [4.69, 9.17) is 0 Å². The number of likely N-dealkylation sites (N-methyl/N-ethyl adjacent to an activating group) is 1. The molecule has 1 saturated heterocycles. The molecule has 1 aliphatic heterocycles. The zero-order valence-corrected chi connectivity index (χ0v) is 19.0. The van der Waals surface area contributed by atoms with Crippen molar-refractivity contribution >= 4 is 34.6 Å². The maximum Gasteiger partial charge on any atom is 0.220 e. The summed E-state index contributed by atoms with van der Waals surface area (Å²) in [7, 11) is 2.12. The Labute approximate surface area is 187 Å². The zero-order valence-electron chi connectivity index (χ0n) is 18.2. The van der Waals surface area contributed by atoms with Crippen LogP contribution in [0.25, 0.3) is 0 Å². The molecule has 1 aliphatic rings.